The molecule has 0 N–H and O–H groups in total. The zero-order chi connectivity index (χ0) is 21.2. The second kappa shape index (κ2) is 8.64. The molecule has 2 fully saturated rings. The molecule has 2 saturated heterocycles. The van der Waals surface area contributed by atoms with E-state index in [1.54, 1.807) is 11.0 Å². The van der Waals surface area contributed by atoms with Crippen molar-refractivity contribution in [2.75, 3.05) is 45.9 Å². The number of likely N-dealkylation sites (tertiary alicyclic amines) is 1. The predicted octanol–water partition coefficient (Wildman–Crippen LogP) is 4.04. The lowest BCUT2D eigenvalue weighted by molar-refractivity contribution is -0.139. The molecule has 0 radical (unpaired) electrons. The minimum Gasteiger partial charge on any atom is -0.379 e. The number of halogens is 3. The van der Waals surface area contributed by atoms with Gasteiger partial charge in [-0.25, -0.2) is 0 Å². The van der Waals surface area contributed by atoms with E-state index in [1.807, 2.05) is 26.8 Å². The van der Waals surface area contributed by atoms with Gasteiger partial charge in [0.15, 0.2) is 0 Å². The van der Waals surface area contributed by atoms with Crippen molar-refractivity contribution in [3.63, 3.8) is 0 Å². The van der Waals surface area contributed by atoms with Crippen molar-refractivity contribution < 1.29 is 22.7 Å². The predicted molar refractivity (Wildman–Crippen MR) is 106 cm³/mol. The molecule has 1 amide bonds. The molecule has 4 nitrogen and oxygen atoms in total. The van der Waals surface area contributed by atoms with Gasteiger partial charge >= 0.3 is 6.18 Å². The van der Waals surface area contributed by atoms with E-state index >= 15 is 0 Å². The van der Waals surface area contributed by atoms with E-state index in [0.29, 0.717) is 56.8 Å². The smallest absolute Gasteiger partial charge is 0.379 e. The summed E-state index contributed by atoms with van der Waals surface area (Å²) in [5.41, 5.74) is 0.189. The molecule has 0 saturated carbocycles. The van der Waals surface area contributed by atoms with Gasteiger partial charge in [-0.2, -0.15) is 13.2 Å². The number of nitrogens with zero attached hydrogens (tertiary/aromatic N) is 2. The van der Waals surface area contributed by atoms with Crippen molar-refractivity contribution in [2.24, 2.45) is 0 Å². The molecule has 1 aromatic carbocycles. The number of hydrogen-bond acceptors (Lipinski definition) is 3. The van der Waals surface area contributed by atoms with Crippen molar-refractivity contribution in [1.29, 1.82) is 0 Å². The molecule has 0 aliphatic carbocycles. The standard InChI is InChI=1S/C22H31F3N2O2/c1-21(2,3)17-4-5-18(19(14-17)22(23,24)25)16-6-8-27(9-7-16)20(28)15-26-10-12-29-13-11-26/h4-5,14,16H,6-13,15H2,1-3H3. The molecule has 2 aliphatic heterocycles. The molecule has 162 valence electrons. The molecule has 0 atom stereocenters. The third-order valence-electron chi connectivity index (χ3n) is 5.97. The minimum atomic E-state index is -4.38. The quantitative estimate of drug-likeness (QED) is 0.751. The van der Waals surface area contributed by atoms with Gasteiger partial charge in [0.2, 0.25) is 5.91 Å². The maximum Gasteiger partial charge on any atom is 0.416 e. The Balaban J connectivity index is 1.67. The summed E-state index contributed by atoms with van der Waals surface area (Å²) in [7, 11) is 0. The van der Waals surface area contributed by atoms with Crippen LogP contribution in [0.1, 0.15) is 56.2 Å². The number of rotatable bonds is 3. The minimum absolute atomic E-state index is 0.0597. The Morgan fingerprint density at radius 3 is 2.24 bits per heavy atom. The van der Waals surface area contributed by atoms with E-state index in [-0.39, 0.29) is 17.2 Å². The number of carbonyl (C=O) groups is 1. The first kappa shape index (κ1) is 22.1. The molecular weight excluding hydrogens is 381 g/mol. The highest BCUT2D eigenvalue weighted by Gasteiger charge is 2.37. The van der Waals surface area contributed by atoms with Crippen LogP contribution >= 0.6 is 0 Å². The van der Waals surface area contributed by atoms with Crippen LogP contribution in [-0.4, -0.2) is 61.6 Å². The molecule has 1 aromatic rings. The summed E-state index contributed by atoms with van der Waals surface area (Å²) in [5.74, 6) is -0.113. The summed E-state index contributed by atoms with van der Waals surface area (Å²) in [4.78, 5) is 16.4. The number of alkyl halides is 3. The van der Waals surface area contributed by atoms with Crippen molar-refractivity contribution in [3.05, 3.63) is 34.9 Å². The molecular formula is C22H31F3N2O2. The van der Waals surface area contributed by atoms with Crippen LogP contribution in [-0.2, 0) is 21.1 Å². The Labute approximate surface area is 171 Å². The first-order chi connectivity index (χ1) is 13.6. The van der Waals surface area contributed by atoms with Crippen LogP contribution in [0.4, 0.5) is 13.2 Å². The topological polar surface area (TPSA) is 32.8 Å². The fraction of sp³-hybridized carbons (Fsp3) is 0.682. The Morgan fingerprint density at radius 2 is 1.69 bits per heavy atom. The van der Waals surface area contributed by atoms with Crippen LogP contribution in [0.25, 0.3) is 0 Å². The number of piperidine rings is 1. The highest BCUT2D eigenvalue weighted by Crippen LogP contribution is 2.40. The van der Waals surface area contributed by atoms with Gasteiger partial charge in [0.05, 0.1) is 25.3 Å². The summed E-state index contributed by atoms with van der Waals surface area (Å²) in [6.07, 6.45) is -3.25. The number of ether oxygens (including phenoxy) is 1. The van der Waals surface area contributed by atoms with E-state index in [1.165, 1.54) is 6.07 Å². The van der Waals surface area contributed by atoms with Gasteiger partial charge in [-0.05, 0) is 41.4 Å². The monoisotopic (exact) mass is 412 g/mol. The van der Waals surface area contributed by atoms with Crippen LogP contribution in [0.5, 0.6) is 0 Å². The first-order valence-corrected chi connectivity index (χ1v) is 10.3. The SMILES string of the molecule is CC(C)(C)c1ccc(C2CCN(C(=O)CN3CCOCC3)CC2)c(C(F)(F)F)c1. The maximum absolute atomic E-state index is 13.8. The van der Waals surface area contributed by atoms with Crippen molar-refractivity contribution in [1.82, 2.24) is 9.80 Å². The molecule has 0 unspecified atom stereocenters. The molecule has 0 spiro atoms. The highest BCUT2D eigenvalue weighted by atomic mass is 19.4. The average Bonchev–Trinajstić information content (AvgIpc) is 2.67. The van der Waals surface area contributed by atoms with Gasteiger partial charge in [0.1, 0.15) is 0 Å². The number of hydrogen-bond donors (Lipinski definition) is 0. The highest BCUT2D eigenvalue weighted by molar-refractivity contribution is 5.78. The largest absolute Gasteiger partial charge is 0.416 e. The Morgan fingerprint density at radius 1 is 1.07 bits per heavy atom. The summed E-state index contributed by atoms with van der Waals surface area (Å²) < 4.78 is 46.6. The number of amides is 1. The van der Waals surface area contributed by atoms with E-state index in [2.05, 4.69) is 4.90 Å². The van der Waals surface area contributed by atoms with Crippen molar-refractivity contribution in [3.8, 4) is 0 Å². The van der Waals surface area contributed by atoms with Crippen molar-refractivity contribution in [2.45, 2.75) is 51.1 Å². The summed E-state index contributed by atoms with van der Waals surface area (Å²) in [6, 6.07) is 4.78. The summed E-state index contributed by atoms with van der Waals surface area (Å²) >= 11 is 0. The fourth-order valence-corrected chi connectivity index (χ4v) is 4.11. The Bertz CT molecular complexity index is 714. The van der Waals surface area contributed by atoms with E-state index < -0.39 is 11.7 Å². The number of morpholine rings is 1. The second-order valence-electron chi connectivity index (χ2n) is 9.09. The van der Waals surface area contributed by atoms with Gasteiger partial charge in [0.25, 0.3) is 0 Å². The number of benzene rings is 1. The van der Waals surface area contributed by atoms with Gasteiger partial charge < -0.3 is 9.64 Å². The summed E-state index contributed by atoms with van der Waals surface area (Å²) in [6.45, 7) is 9.90. The lowest BCUT2D eigenvalue weighted by Gasteiger charge is -2.35. The molecule has 2 aliphatic rings. The Kier molecular flexibility index (Phi) is 6.58. The third kappa shape index (κ3) is 5.51. The van der Waals surface area contributed by atoms with Crippen LogP contribution in [0, 0.1) is 0 Å². The lowest BCUT2D eigenvalue weighted by Crippen LogP contribution is -2.46. The normalized spacial score (nSPS) is 20.1. The van der Waals surface area contributed by atoms with E-state index in [4.69, 9.17) is 4.74 Å². The van der Waals surface area contributed by atoms with Crippen LogP contribution in [0.2, 0.25) is 0 Å². The van der Waals surface area contributed by atoms with Crippen LogP contribution in [0.3, 0.4) is 0 Å². The average molecular weight is 412 g/mol. The van der Waals surface area contributed by atoms with Crippen molar-refractivity contribution >= 4 is 5.91 Å². The second-order valence-corrected chi connectivity index (χ2v) is 9.09. The molecule has 2 heterocycles. The molecule has 29 heavy (non-hydrogen) atoms. The third-order valence-corrected chi connectivity index (χ3v) is 5.97. The lowest BCUT2D eigenvalue weighted by atomic mass is 9.81. The maximum atomic E-state index is 13.8. The van der Waals surface area contributed by atoms with E-state index in [9.17, 15) is 18.0 Å². The van der Waals surface area contributed by atoms with Crippen LogP contribution < -0.4 is 0 Å². The van der Waals surface area contributed by atoms with Gasteiger partial charge in [-0.15, -0.1) is 0 Å². The first-order valence-electron chi connectivity index (χ1n) is 10.3. The van der Waals surface area contributed by atoms with Gasteiger partial charge in [0, 0.05) is 26.2 Å². The molecule has 0 bridgehead atoms. The fourth-order valence-electron chi connectivity index (χ4n) is 4.11. The number of carbonyl (C=O) groups excluding carboxylic acids is 1. The molecule has 7 heteroatoms. The molecule has 0 aromatic heterocycles. The van der Waals surface area contributed by atoms with E-state index in [0.717, 1.165) is 13.1 Å². The molecule has 3 rings (SSSR count). The van der Waals surface area contributed by atoms with Crippen LogP contribution in [0.15, 0.2) is 18.2 Å². The Hall–Kier alpha value is -1.60. The van der Waals surface area contributed by atoms with Gasteiger partial charge in [-0.3, -0.25) is 9.69 Å². The zero-order valence-corrected chi connectivity index (χ0v) is 17.5. The summed E-state index contributed by atoms with van der Waals surface area (Å²) in [5, 5.41) is 0. The zero-order valence-electron chi connectivity index (χ0n) is 17.5. The van der Waals surface area contributed by atoms with Gasteiger partial charge in [-0.1, -0.05) is 32.9 Å².